The van der Waals surface area contributed by atoms with E-state index in [1.807, 2.05) is 54.6 Å². The zero-order valence-electron chi connectivity index (χ0n) is 20.3. The molecule has 0 aliphatic rings. The van der Waals surface area contributed by atoms with Crippen LogP contribution >= 0.6 is 11.3 Å². The highest BCUT2D eigenvalue weighted by Gasteiger charge is 2.14. The summed E-state index contributed by atoms with van der Waals surface area (Å²) in [5.41, 5.74) is 5.17. The van der Waals surface area contributed by atoms with Gasteiger partial charge in [-0.2, -0.15) is 5.10 Å². The molecular weight excluding hydrogens is 508 g/mol. The number of aromatic amines is 2. The number of H-pyrrole nitrogens is 2. The molecule has 0 spiro atoms. The first-order valence-corrected chi connectivity index (χ1v) is 13.1. The number of nitrogens with zero attached hydrogens (tertiary/aromatic N) is 6. The molecule has 186 valence electrons. The lowest BCUT2D eigenvalue weighted by molar-refractivity contribution is 0.0924. The Balaban J connectivity index is 1.54. The predicted molar refractivity (Wildman–Crippen MR) is 153 cm³/mol. The summed E-state index contributed by atoms with van der Waals surface area (Å²) in [6.07, 6.45) is 9.11. The van der Waals surface area contributed by atoms with E-state index in [9.17, 15) is 4.79 Å². The van der Waals surface area contributed by atoms with Gasteiger partial charge < -0.3 is 4.98 Å². The summed E-state index contributed by atoms with van der Waals surface area (Å²) in [6, 6.07) is 17.7. The van der Waals surface area contributed by atoms with Gasteiger partial charge in [0.2, 0.25) is 5.91 Å². The van der Waals surface area contributed by atoms with Gasteiger partial charge in [-0.3, -0.25) is 24.4 Å². The molecule has 39 heavy (non-hydrogen) atoms. The van der Waals surface area contributed by atoms with E-state index in [2.05, 4.69) is 30.1 Å². The number of hydrogen-bond acceptors (Lipinski definition) is 7. The average molecular weight is 527 g/mol. The Morgan fingerprint density at radius 3 is 2.64 bits per heavy atom. The second-order valence-corrected chi connectivity index (χ2v) is 10.4. The molecule has 0 unspecified atom stereocenters. The molecule has 8 bridgehead atoms. The van der Waals surface area contributed by atoms with Crippen molar-refractivity contribution in [1.29, 1.82) is 0 Å². The van der Waals surface area contributed by atoms with Crippen LogP contribution in [0.3, 0.4) is 0 Å². The normalized spacial score (nSPS) is 11.8. The van der Waals surface area contributed by atoms with Crippen molar-refractivity contribution in [2.24, 2.45) is 0 Å². The number of carbonyl (C=O) groups is 1. The molecule has 0 aliphatic heterocycles. The monoisotopic (exact) mass is 526 g/mol. The number of hydrogen-bond donors (Lipinski definition) is 2. The Hall–Kier alpha value is -5.22. The predicted octanol–water partition coefficient (Wildman–Crippen LogP) is 6.11. The van der Waals surface area contributed by atoms with E-state index in [1.165, 1.54) is 11.3 Å². The fourth-order valence-corrected chi connectivity index (χ4v) is 6.07. The molecule has 8 rings (SSSR count). The molecule has 10 heteroatoms. The van der Waals surface area contributed by atoms with Crippen LogP contribution in [0.5, 0.6) is 0 Å². The van der Waals surface area contributed by atoms with Gasteiger partial charge in [0, 0.05) is 39.4 Å². The zero-order valence-corrected chi connectivity index (χ0v) is 21.1. The van der Waals surface area contributed by atoms with E-state index < -0.39 is 0 Å². The van der Waals surface area contributed by atoms with Crippen molar-refractivity contribution in [1.82, 2.24) is 39.7 Å². The van der Waals surface area contributed by atoms with Crippen LogP contribution in [0.25, 0.3) is 64.4 Å². The van der Waals surface area contributed by atoms with Crippen LogP contribution in [0.4, 0.5) is 0 Å². The van der Waals surface area contributed by atoms with Crippen LogP contribution in [0, 0.1) is 0 Å². The first-order valence-electron chi connectivity index (χ1n) is 12.3. The fraction of sp³-hybridized carbons (Fsp3) is 0.0345. The standard InChI is InChI=1S/C29H18N8OS/c38-24(8-16-4-2-1-3-5-16)37-19-9-17(11-30-13-19)18-10-20-27(35-36-28(20)32-12-18)29-33-22-15-31-14-21(26(22)34-29)23-6-7-25(37)39-23/h1-7,9-15H,8H2,(H,33,34)(H,32,35,36). The topological polar surface area (TPSA) is 118 Å². The number of carbonyl (C=O) groups excluding carboxylic acids is 1. The molecule has 0 aliphatic carbocycles. The molecule has 2 N–H and O–H groups in total. The Morgan fingerprint density at radius 1 is 0.846 bits per heavy atom. The van der Waals surface area contributed by atoms with Gasteiger partial charge in [-0.15, -0.1) is 11.3 Å². The van der Waals surface area contributed by atoms with Crippen molar-refractivity contribution in [3.63, 3.8) is 0 Å². The first-order chi connectivity index (χ1) is 19.2. The summed E-state index contributed by atoms with van der Waals surface area (Å²) >= 11 is 1.51. The summed E-state index contributed by atoms with van der Waals surface area (Å²) in [4.78, 5) is 36.6. The Bertz CT molecular complexity index is 2290. The van der Waals surface area contributed by atoms with Gasteiger partial charge in [-0.05, 0) is 29.8 Å². The van der Waals surface area contributed by atoms with Gasteiger partial charge in [0.05, 0.1) is 35.2 Å². The molecule has 9 nitrogen and oxygen atoms in total. The summed E-state index contributed by atoms with van der Waals surface area (Å²) in [5, 5.41) is 10.9. The van der Waals surface area contributed by atoms with E-state index in [0.29, 0.717) is 22.3 Å². The molecule has 8 aromatic rings. The molecule has 0 radical (unpaired) electrons. The average Bonchev–Trinajstić information content (AvgIpc) is 3.71. The van der Waals surface area contributed by atoms with Crippen LogP contribution in [-0.2, 0) is 6.42 Å². The molecule has 0 saturated heterocycles. The van der Waals surface area contributed by atoms with Crippen LogP contribution in [0.2, 0.25) is 0 Å². The van der Waals surface area contributed by atoms with Crippen molar-refractivity contribution in [3.05, 3.63) is 91.1 Å². The fourth-order valence-electron chi connectivity index (χ4n) is 5.01. The number of imidazole rings is 1. The van der Waals surface area contributed by atoms with Crippen molar-refractivity contribution < 1.29 is 4.79 Å². The van der Waals surface area contributed by atoms with E-state index in [1.54, 1.807) is 35.6 Å². The first kappa shape index (κ1) is 21.8. The minimum atomic E-state index is -0.0537. The summed E-state index contributed by atoms with van der Waals surface area (Å²) in [6.45, 7) is 0. The van der Waals surface area contributed by atoms with Gasteiger partial charge >= 0.3 is 0 Å². The molecule has 0 amide bonds. The maximum absolute atomic E-state index is 13.9. The third-order valence-electron chi connectivity index (χ3n) is 6.88. The van der Waals surface area contributed by atoms with Crippen LogP contribution in [0.15, 0.2) is 85.6 Å². The molecule has 7 heterocycles. The third kappa shape index (κ3) is 3.53. The summed E-state index contributed by atoms with van der Waals surface area (Å²) < 4.78 is 2.70. The van der Waals surface area contributed by atoms with Crippen LogP contribution < -0.4 is 0 Å². The molecule has 0 fully saturated rings. The van der Waals surface area contributed by atoms with Gasteiger partial charge in [0.1, 0.15) is 15.9 Å². The van der Waals surface area contributed by atoms with Crippen molar-refractivity contribution in [3.8, 4) is 0 Å². The van der Waals surface area contributed by atoms with E-state index in [4.69, 9.17) is 4.98 Å². The Labute approximate surface area is 223 Å². The maximum atomic E-state index is 13.9. The Kier molecular flexibility index (Phi) is 4.70. The molecule has 0 atom stereocenters. The molecule has 1 aromatic carbocycles. The van der Waals surface area contributed by atoms with E-state index in [-0.39, 0.29) is 12.3 Å². The number of benzene rings is 1. The van der Waals surface area contributed by atoms with Gasteiger partial charge in [-0.1, -0.05) is 30.3 Å². The second kappa shape index (κ2) is 8.40. The number of thiophene rings is 1. The largest absolute Gasteiger partial charge is 0.335 e. The highest BCUT2D eigenvalue weighted by Crippen LogP contribution is 2.30. The van der Waals surface area contributed by atoms with Crippen molar-refractivity contribution >= 4 is 81.7 Å². The van der Waals surface area contributed by atoms with Gasteiger partial charge in [0.25, 0.3) is 0 Å². The number of aromatic nitrogens is 8. The lowest BCUT2D eigenvalue weighted by Crippen LogP contribution is -2.14. The molecule has 7 aromatic heterocycles. The minimum absolute atomic E-state index is 0.0537. The van der Waals surface area contributed by atoms with Gasteiger partial charge in [0.15, 0.2) is 11.3 Å². The highest BCUT2D eigenvalue weighted by atomic mass is 32.1. The smallest absolute Gasteiger partial charge is 0.236 e. The van der Waals surface area contributed by atoms with Crippen LogP contribution in [-0.4, -0.2) is 45.6 Å². The van der Waals surface area contributed by atoms with Crippen molar-refractivity contribution in [2.75, 3.05) is 0 Å². The second-order valence-electron chi connectivity index (χ2n) is 9.32. The quantitative estimate of drug-likeness (QED) is 0.281. The highest BCUT2D eigenvalue weighted by molar-refractivity contribution is 7.24. The maximum Gasteiger partial charge on any atom is 0.236 e. The molecular formula is C29H18N8OS. The Morgan fingerprint density at radius 2 is 1.72 bits per heavy atom. The minimum Gasteiger partial charge on any atom is -0.335 e. The number of rotatable bonds is 2. The zero-order chi connectivity index (χ0) is 25.9. The lowest BCUT2D eigenvalue weighted by atomic mass is 10.1. The van der Waals surface area contributed by atoms with Gasteiger partial charge in [-0.25, -0.2) is 9.97 Å². The number of pyridine rings is 3. The number of fused-ring (bicyclic) bond motifs is 9. The SMILES string of the molecule is O=C(Cc1ccccc1)n1c2cncc(c2)c2cnc3[nH]nc(c4nc5c(cncc5c5ccc1s5)[nH]4)c3c2. The molecule has 0 saturated carbocycles. The third-order valence-corrected chi connectivity index (χ3v) is 7.98. The summed E-state index contributed by atoms with van der Waals surface area (Å²) in [7, 11) is 0. The summed E-state index contributed by atoms with van der Waals surface area (Å²) in [5.74, 6) is -0.0537. The lowest BCUT2D eigenvalue weighted by Gasteiger charge is -2.08. The van der Waals surface area contributed by atoms with Crippen molar-refractivity contribution in [2.45, 2.75) is 6.42 Å². The van der Waals surface area contributed by atoms with E-state index in [0.717, 1.165) is 47.7 Å². The number of nitrogens with one attached hydrogen (secondary N) is 2. The van der Waals surface area contributed by atoms with E-state index >= 15 is 0 Å². The van der Waals surface area contributed by atoms with Crippen LogP contribution in [0.1, 0.15) is 10.4 Å².